The van der Waals surface area contributed by atoms with Crippen LogP contribution in [0.25, 0.3) is 0 Å². The van der Waals surface area contributed by atoms with Crippen LogP contribution in [0.2, 0.25) is 0 Å². The van der Waals surface area contributed by atoms with E-state index >= 15 is 0 Å². The monoisotopic (exact) mass is 305 g/mol. The number of alkyl halides is 1. The van der Waals surface area contributed by atoms with E-state index in [0.717, 1.165) is 19.8 Å². The molecule has 0 bridgehead atoms. The second-order valence-corrected chi connectivity index (χ2v) is 5.76. The first-order valence-electron chi connectivity index (χ1n) is 7.29. The van der Waals surface area contributed by atoms with Crippen LogP contribution in [0.5, 0.6) is 0 Å². The summed E-state index contributed by atoms with van der Waals surface area (Å²) in [6.07, 6.45) is 11.0. The fourth-order valence-electron chi connectivity index (χ4n) is 2.34. The average Bonchev–Trinajstić information content (AvgIpc) is 2.61. The molecule has 0 aromatic rings. The van der Waals surface area contributed by atoms with Crippen LogP contribution < -0.4 is 0 Å². The van der Waals surface area contributed by atoms with Gasteiger partial charge in [-0.25, -0.2) is 0 Å². The highest BCUT2D eigenvalue weighted by atomic mass is 79.9. The second kappa shape index (κ2) is 11.5. The highest BCUT2D eigenvalue weighted by Gasteiger charge is 2.07. The molecule has 1 aliphatic heterocycles. The third-order valence-electron chi connectivity index (χ3n) is 3.42. The molecule has 1 heterocycles. The van der Waals surface area contributed by atoms with Crippen LogP contribution >= 0.6 is 15.9 Å². The van der Waals surface area contributed by atoms with Crippen molar-refractivity contribution in [3.63, 3.8) is 0 Å². The summed E-state index contributed by atoms with van der Waals surface area (Å²) in [5, 5.41) is 1.17. The molecule has 1 saturated heterocycles. The standard InChI is InChI=1S/C14H28BrNO/c15-9-6-4-2-1-3-5-7-10-16-11-8-13-17-14-12-16/h1-14H2. The van der Waals surface area contributed by atoms with Gasteiger partial charge in [-0.2, -0.15) is 0 Å². The highest BCUT2D eigenvalue weighted by molar-refractivity contribution is 9.09. The van der Waals surface area contributed by atoms with Crippen LogP contribution in [0.15, 0.2) is 0 Å². The molecule has 0 aromatic carbocycles. The number of halogens is 1. The van der Waals surface area contributed by atoms with Gasteiger partial charge in [-0.3, -0.25) is 0 Å². The number of rotatable bonds is 9. The molecular weight excluding hydrogens is 278 g/mol. The van der Waals surface area contributed by atoms with Gasteiger partial charge in [0.25, 0.3) is 0 Å². The summed E-state index contributed by atoms with van der Waals surface area (Å²) in [5.74, 6) is 0. The van der Waals surface area contributed by atoms with E-state index in [1.807, 2.05) is 0 Å². The van der Waals surface area contributed by atoms with E-state index in [-0.39, 0.29) is 0 Å². The lowest BCUT2D eigenvalue weighted by Gasteiger charge is -2.18. The molecule has 0 aromatic heterocycles. The normalized spacial score (nSPS) is 18.2. The molecule has 0 saturated carbocycles. The van der Waals surface area contributed by atoms with Crippen LogP contribution in [0.4, 0.5) is 0 Å². The third kappa shape index (κ3) is 9.04. The second-order valence-electron chi connectivity index (χ2n) is 4.97. The molecule has 0 N–H and O–H groups in total. The minimum atomic E-state index is 0.937. The molecule has 0 radical (unpaired) electrons. The Labute approximate surface area is 115 Å². The summed E-state index contributed by atoms with van der Waals surface area (Å²) in [4.78, 5) is 2.57. The summed E-state index contributed by atoms with van der Waals surface area (Å²) in [5.41, 5.74) is 0. The van der Waals surface area contributed by atoms with Gasteiger partial charge in [0, 0.05) is 25.0 Å². The molecule has 102 valence electrons. The Morgan fingerprint density at radius 1 is 0.824 bits per heavy atom. The molecule has 1 fully saturated rings. The van der Waals surface area contributed by atoms with Crippen LogP contribution in [0, 0.1) is 0 Å². The van der Waals surface area contributed by atoms with E-state index in [1.165, 1.54) is 69.8 Å². The van der Waals surface area contributed by atoms with E-state index in [0.29, 0.717) is 0 Å². The van der Waals surface area contributed by atoms with Gasteiger partial charge < -0.3 is 9.64 Å². The first-order chi connectivity index (χ1) is 8.43. The number of hydrogen-bond donors (Lipinski definition) is 0. The van der Waals surface area contributed by atoms with Gasteiger partial charge in [-0.15, -0.1) is 0 Å². The zero-order chi connectivity index (χ0) is 12.2. The van der Waals surface area contributed by atoms with E-state index < -0.39 is 0 Å². The predicted octanol–water partition coefficient (Wildman–Crippen LogP) is 3.83. The summed E-state index contributed by atoms with van der Waals surface area (Å²) in [6.45, 7) is 5.57. The van der Waals surface area contributed by atoms with Gasteiger partial charge >= 0.3 is 0 Å². The van der Waals surface area contributed by atoms with Crippen LogP contribution in [-0.2, 0) is 4.74 Å². The van der Waals surface area contributed by atoms with E-state index in [9.17, 15) is 0 Å². The van der Waals surface area contributed by atoms with Crippen molar-refractivity contribution in [3.8, 4) is 0 Å². The molecule has 1 aliphatic rings. The first-order valence-corrected chi connectivity index (χ1v) is 8.41. The topological polar surface area (TPSA) is 12.5 Å². The maximum Gasteiger partial charge on any atom is 0.0593 e. The molecule has 17 heavy (non-hydrogen) atoms. The molecule has 1 rings (SSSR count). The van der Waals surface area contributed by atoms with Crippen molar-refractivity contribution < 1.29 is 4.74 Å². The minimum absolute atomic E-state index is 0.937. The fraction of sp³-hybridized carbons (Fsp3) is 1.00. The molecule has 0 spiro atoms. The van der Waals surface area contributed by atoms with Crippen LogP contribution in [-0.4, -0.2) is 43.1 Å². The number of nitrogens with zero attached hydrogens (tertiary/aromatic N) is 1. The van der Waals surface area contributed by atoms with Crippen LogP contribution in [0.3, 0.4) is 0 Å². The Morgan fingerprint density at radius 2 is 1.53 bits per heavy atom. The summed E-state index contributed by atoms with van der Waals surface area (Å²) >= 11 is 3.48. The fourth-order valence-corrected chi connectivity index (χ4v) is 2.73. The molecular formula is C14H28BrNO. The maximum atomic E-state index is 5.46. The van der Waals surface area contributed by atoms with E-state index in [1.54, 1.807) is 0 Å². The molecule has 3 heteroatoms. The van der Waals surface area contributed by atoms with Crippen molar-refractivity contribution in [2.75, 3.05) is 38.2 Å². The van der Waals surface area contributed by atoms with Crippen molar-refractivity contribution in [2.24, 2.45) is 0 Å². The Hall–Kier alpha value is 0.400. The summed E-state index contributed by atoms with van der Waals surface area (Å²) in [6, 6.07) is 0. The highest BCUT2D eigenvalue weighted by Crippen LogP contribution is 2.09. The van der Waals surface area contributed by atoms with Gasteiger partial charge in [-0.1, -0.05) is 48.0 Å². The number of unbranched alkanes of at least 4 members (excludes halogenated alkanes) is 6. The maximum absolute atomic E-state index is 5.46. The zero-order valence-electron chi connectivity index (χ0n) is 11.1. The van der Waals surface area contributed by atoms with Gasteiger partial charge in [-0.05, 0) is 25.8 Å². The molecule has 0 unspecified atom stereocenters. The van der Waals surface area contributed by atoms with Crippen LogP contribution in [0.1, 0.15) is 51.4 Å². The van der Waals surface area contributed by atoms with Gasteiger partial charge in [0.1, 0.15) is 0 Å². The Bertz CT molecular complexity index is 158. The van der Waals surface area contributed by atoms with Gasteiger partial charge in [0.15, 0.2) is 0 Å². The molecule has 0 atom stereocenters. The lowest BCUT2D eigenvalue weighted by Crippen LogP contribution is -2.27. The Kier molecular flexibility index (Phi) is 10.4. The number of hydrogen-bond acceptors (Lipinski definition) is 2. The summed E-state index contributed by atoms with van der Waals surface area (Å²) in [7, 11) is 0. The molecule has 2 nitrogen and oxygen atoms in total. The summed E-state index contributed by atoms with van der Waals surface area (Å²) < 4.78 is 5.46. The van der Waals surface area contributed by atoms with Gasteiger partial charge in [0.2, 0.25) is 0 Å². The van der Waals surface area contributed by atoms with Crippen molar-refractivity contribution in [1.29, 1.82) is 0 Å². The Balaban J connectivity index is 1.82. The third-order valence-corrected chi connectivity index (χ3v) is 3.98. The predicted molar refractivity (Wildman–Crippen MR) is 78.0 cm³/mol. The first kappa shape index (κ1) is 15.5. The van der Waals surface area contributed by atoms with Crippen molar-refractivity contribution in [2.45, 2.75) is 51.4 Å². The Morgan fingerprint density at radius 3 is 2.29 bits per heavy atom. The van der Waals surface area contributed by atoms with Crippen molar-refractivity contribution in [1.82, 2.24) is 4.90 Å². The van der Waals surface area contributed by atoms with Crippen molar-refractivity contribution in [3.05, 3.63) is 0 Å². The zero-order valence-corrected chi connectivity index (χ0v) is 12.7. The quantitative estimate of drug-likeness (QED) is 0.474. The largest absolute Gasteiger partial charge is 0.380 e. The minimum Gasteiger partial charge on any atom is -0.380 e. The smallest absolute Gasteiger partial charge is 0.0593 e. The molecule has 0 amide bonds. The SMILES string of the molecule is BrCCCCCCCCCN1CCCOCC1. The lowest BCUT2D eigenvalue weighted by molar-refractivity contribution is 0.141. The van der Waals surface area contributed by atoms with E-state index in [2.05, 4.69) is 20.8 Å². The van der Waals surface area contributed by atoms with Crippen molar-refractivity contribution >= 4 is 15.9 Å². The van der Waals surface area contributed by atoms with E-state index in [4.69, 9.17) is 4.74 Å². The lowest BCUT2D eigenvalue weighted by atomic mass is 10.1. The van der Waals surface area contributed by atoms with Gasteiger partial charge in [0.05, 0.1) is 6.61 Å². The average molecular weight is 306 g/mol. The molecule has 0 aliphatic carbocycles. The number of ether oxygens (including phenoxy) is 1.